The highest BCUT2D eigenvalue weighted by Gasteiger charge is 2.44. The number of carbonyl (C=O) groups is 1. The maximum Gasteiger partial charge on any atom is 0.335 e. The summed E-state index contributed by atoms with van der Waals surface area (Å²) in [6.07, 6.45) is 1.83. The van der Waals surface area contributed by atoms with Crippen LogP contribution in [0.25, 0.3) is 0 Å². The van der Waals surface area contributed by atoms with Gasteiger partial charge >= 0.3 is 5.97 Å². The molecule has 0 radical (unpaired) electrons. The van der Waals surface area contributed by atoms with Gasteiger partial charge in [0, 0.05) is 11.4 Å². The van der Waals surface area contributed by atoms with Gasteiger partial charge in [-0.25, -0.2) is 4.79 Å². The van der Waals surface area contributed by atoms with Crippen molar-refractivity contribution in [1.29, 1.82) is 0 Å². The third-order valence-electron chi connectivity index (χ3n) is 3.44. The fraction of sp³-hybridized carbons (Fsp3) is 0.471. The van der Waals surface area contributed by atoms with Crippen molar-refractivity contribution in [1.82, 2.24) is 4.31 Å². The van der Waals surface area contributed by atoms with Gasteiger partial charge in [-0.05, 0) is 33.3 Å². The Morgan fingerprint density at radius 2 is 2.00 bits per heavy atom. The van der Waals surface area contributed by atoms with Gasteiger partial charge in [0.05, 0.1) is 18.7 Å². The number of hydrogen-bond donors (Lipinski definition) is 0. The minimum atomic E-state index is -1.21. The molecule has 1 aromatic rings. The number of esters is 1. The molecule has 1 aromatic carbocycles. The average molecular weight is 321 g/mol. The first-order chi connectivity index (χ1) is 10.4. The second-order valence-corrected chi connectivity index (χ2v) is 8.35. The summed E-state index contributed by atoms with van der Waals surface area (Å²) in [5.41, 5.74) is 1.53. The Kier molecular flexibility index (Phi) is 5.32. The van der Waals surface area contributed by atoms with Gasteiger partial charge in [0.1, 0.15) is 10.8 Å². The Labute approximate surface area is 135 Å². The van der Waals surface area contributed by atoms with Gasteiger partial charge in [-0.15, -0.1) is 4.31 Å². The lowest BCUT2D eigenvalue weighted by Gasteiger charge is -2.34. The van der Waals surface area contributed by atoms with Gasteiger partial charge in [-0.3, -0.25) is 0 Å². The lowest BCUT2D eigenvalue weighted by Crippen LogP contribution is -2.43. The molecule has 5 heteroatoms. The molecule has 0 amide bonds. The van der Waals surface area contributed by atoms with Gasteiger partial charge in [0.25, 0.3) is 0 Å². The number of carbonyl (C=O) groups excluding carboxylic acids is 1. The van der Waals surface area contributed by atoms with Crippen molar-refractivity contribution in [3.05, 3.63) is 47.5 Å². The van der Waals surface area contributed by atoms with Gasteiger partial charge < -0.3 is 9.29 Å². The summed E-state index contributed by atoms with van der Waals surface area (Å²) in [6.45, 7) is 8.42. The molecule has 0 fully saturated rings. The molecule has 1 aliphatic heterocycles. The fourth-order valence-corrected chi connectivity index (χ4v) is 3.81. The number of hydrogen-bond acceptors (Lipinski definition) is 4. The summed E-state index contributed by atoms with van der Waals surface area (Å²) in [6, 6.07) is 9.37. The number of ether oxygens (including phenoxy) is 1. The summed E-state index contributed by atoms with van der Waals surface area (Å²) < 4.78 is 19.5. The molecule has 1 unspecified atom stereocenters. The highest BCUT2D eigenvalue weighted by Crippen LogP contribution is 2.39. The van der Waals surface area contributed by atoms with Crippen LogP contribution >= 0.6 is 0 Å². The second kappa shape index (κ2) is 6.86. The molecule has 0 spiro atoms. The quantitative estimate of drug-likeness (QED) is 0.632. The molecule has 1 heterocycles. The van der Waals surface area contributed by atoms with Crippen LogP contribution in [0.5, 0.6) is 0 Å². The van der Waals surface area contributed by atoms with Gasteiger partial charge in [-0.1, -0.05) is 36.4 Å². The van der Waals surface area contributed by atoms with Crippen LogP contribution in [0, 0.1) is 0 Å². The fourth-order valence-electron chi connectivity index (χ4n) is 2.47. The average Bonchev–Trinajstić information content (AvgIpc) is 2.91. The zero-order valence-electron chi connectivity index (χ0n) is 13.5. The maximum absolute atomic E-state index is 12.8. The van der Waals surface area contributed by atoms with Gasteiger partial charge in [0.15, 0.2) is 0 Å². The zero-order valence-corrected chi connectivity index (χ0v) is 14.4. The van der Waals surface area contributed by atoms with E-state index in [1.54, 1.807) is 6.92 Å². The minimum absolute atomic E-state index is 0.319. The Morgan fingerprint density at radius 3 is 2.55 bits per heavy atom. The van der Waals surface area contributed by atoms with Crippen LogP contribution < -0.4 is 0 Å². The van der Waals surface area contributed by atoms with E-state index in [4.69, 9.17) is 4.74 Å². The molecule has 4 nitrogen and oxygen atoms in total. The van der Waals surface area contributed by atoms with Crippen molar-refractivity contribution < 1.29 is 14.1 Å². The van der Waals surface area contributed by atoms with E-state index < -0.39 is 11.4 Å². The molecule has 0 aromatic heterocycles. The van der Waals surface area contributed by atoms with Gasteiger partial charge in [0.2, 0.25) is 0 Å². The number of benzene rings is 1. The van der Waals surface area contributed by atoms with Crippen LogP contribution in [0.2, 0.25) is 0 Å². The molecular weight excluding hydrogens is 298 g/mol. The maximum atomic E-state index is 12.8. The minimum Gasteiger partial charge on any atom is -0.597 e. The van der Waals surface area contributed by atoms with E-state index in [1.807, 2.05) is 61.5 Å². The van der Waals surface area contributed by atoms with E-state index in [-0.39, 0.29) is 16.8 Å². The number of rotatable bonds is 4. The summed E-state index contributed by atoms with van der Waals surface area (Å²) in [5.74, 6) is -0.329. The summed E-state index contributed by atoms with van der Waals surface area (Å²) in [7, 11) is 0. The predicted octanol–water partition coefficient (Wildman–Crippen LogP) is 3.00. The van der Waals surface area contributed by atoms with Crippen LogP contribution in [0.1, 0.15) is 39.3 Å². The standard InChI is InChI=1S/C17H23NO3S/c1-5-21-16(19)14-11-12-18(22(20)17(2,3)4)15(14)13-9-7-6-8-10-13/h6-11,15H,5,12H2,1-4H3/t15-,22?/m0/s1. The first-order valence-electron chi connectivity index (χ1n) is 7.47. The lowest BCUT2D eigenvalue weighted by atomic mass is 10.0. The predicted molar refractivity (Wildman–Crippen MR) is 88.5 cm³/mol. The molecule has 0 aliphatic carbocycles. The van der Waals surface area contributed by atoms with Crippen molar-refractivity contribution >= 4 is 17.3 Å². The molecule has 22 heavy (non-hydrogen) atoms. The van der Waals surface area contributed by atoms with Crippen molar-refractivity contribution in [2.45, 2.75) is 38.5 Å². The smallest absolute Gasteiger partial charge is 0.335 e. The zero-order chi connectivity index (χ0) is 16.3. The van der Waals surface area contributed by atoms with E-state index in [0.29, 0.717) is 18.7 Å². The Hall–Kier alpha value is -1.30. The molecular formula is C17H23NO3S. The first kappa shape index (κ1) is 17.1. The van der Waals surface area contributed by atoms with Crippen LogP contribution in [0.3, 0.4) is 0 Å². The molecule has 0 saturated heterocycles. The normalized spacial score (nSPS) is 20.6. The summed E-state index contributed by atoms with van der Waals surface area (Å²) >= 11 is -1.21. The molecule has 120 valence electrons. The number of nitrogens with zero attached hydrogens (tertiary/aromatic N) is 1. The van der Waals surface area contributed by atoms with E-state index in [2.05, 4.69) is 0 Å². The summed E-state index contributed by atoms with van der Waals surface area (Å²) in [4.78, 5) is 12.2. The van der Waals surface area contributed by atoms with Crippen LogP contribution in [0.4, 0.5) is 0 Å². The first-order valence-corrected chi connectivity index (χ1v) is 8.57. The topological polar surface area (TPSA) is 52.6 Å². The second-order valence-electron chi connectivity index (χ2n) is 6.15. The summed E-state index contributed by atoms with van der Waals surface area (Å²) in [5, 5.41) is 0. The van der Waals surface area contributed by atoms with Crippen molar-refractivity contribution in [3.8, 4) is 0 Å². The van der Waals surface area contributed by atoms with Crippen molar-refractivity contribution in [3.63, 3.8) is 0 Å². The van der Waals surface area contributed by atoms with Crippen LogP contribution in [-0.4, -0.2) is 32.7 Å². The lowest BCUT2D eigenvalue weighted by molar-refractivity contribution is -0.138. The van der Waals surface area contributed by atoms with Crippen molar-refractivity contribution in [2.75, 3.05) is 13.2 Å². The highest BCUT2D eigenvalue weighted by molar-refractivity contribution is 7.90. The molecule has 2 rings (SSSR count). The molecule has 2 atom stereocenters. The SMILES string of the molecule is CCOC(=O)C1=CCN([S+]([O-])C(C)(C)C)[C@H]1c1ccccc1. The molecule has 1 aliphatic rings. The van der Waals surface area contributed by atoms with E-state index in [0.717, 1.165) is 5.56 Å². The molecule has 0 N–H and O–H groups in total. The van der Waals surface area contributed by atoms with Crippen LogP contribution in [-0.2, 0) is 20.9 Å². The van der Waals surface area contributed by atoms with Gasteiger partial charge in [-0.2, -0.15) is 0 Å². The monoisotopic (exact) mass is 321 g/mol. The van der Waals surface area contributed by atoms with Crippen LogP contribution in [0.15, 0.2) is 42.0 Å². The van der Waals surface area contributed by atoms with E-state index in [9.17, 15) is 9.35 Å². The Morgan fingerprint density at radius 1 is 1.36 bits per heavy atom. The van der Waals surface area contributed by atoms with Crippen molar-refractivity contribution in [2.24, 2.45) is 0 Å². The van der Waals surface area contributed by atoms with E-state index >= 15 is 0 Å². The molecule has 0 bridgehead atoms. The third kappa shape index (κ3) is 3.54. The highest BCUT2D eigenvalue weighted by atomic mass is 32.2. The molecule has 0 saturated carbocycles. The third-order valence-corrected chi connectivity index (χ3v) is 5.27. The largest absolute Gasteiger partial charge is 0.597 e. The Balaban J connectivity index is 2.36. The Bertz CT molecular complexity index is 551. The van der Waals surface area contributed by atoms with E-state index in [1.165, 1.54) is 0 Å².